The van der Waals surface area contributed by atoms with E-state index in [-0.39, 0.29) is 11.1 Å². The summed E-state index contributed by atoms with van der Waals surface area (Å²) in [4.78, 5) is 0.957. The lowest BCUT2D eigenvalue weighted by Crippen LogP contribution is -2.09. The van der Waals surface area contributed by atoms with E-state index in [1.807, 2.05) is 30.3 Å². The van der Waals surface area contributed by atoms with Gasteiger partial charge in [0.25, 0.3) is 0 Å². The summed E-state index contributed by atoms with van der Waals surface area (Å²) >= 11 is 7.66. The monoisotopic (exact) mass is 281 g/mol. The van der Waals surface area contributed by atoms with Crippen molar-refractivity contribution < 1.29 is 4.39 Å². The van der Waals surface area contributed by atoms with Gasteiger partial charge in [-0.3, -0.25) is 0 Å². The SMILES string of the molecule is NCC(Sc1ccccc1Cl)c1cccc(F)c1. The van der Waals surface area contributed by atoms with Gasteiger partial charge in [-0.2, -0.15) is 0 Å². The van der Waals surface area contributed by atoms with Crippen molar-refractivity contribution >= 4 is 23.4 Å². The van der Waals surface area contributed by atoms with Gasteiger partial charge in [-0.25, -0.2) is 4.39 Å². The van der Waals surface area contributed by atoms with Gasteiger partial charge in [-0.05, 0) is 29.8 Å². The van der Waals surface area contributed by atoms with Gasteiger partial charge in [0.05, 0.1) is 5.02 Å². The van der Waals surface area contributed by atoms with Crippen LogP contribution in [0.5, 0.6) is 0 Å². The van der Waals surface area contributed by atoms with Gasteiger partial charge < -0.3 is 5.73 Å². The molecular formula is C14H13ClFNS. The molecule has 18 heavy (non-hydrogen) atoms. The van der Waals surface area contributed by atoms with Crippen LogP contribution >= 0.6 is 23.4 Å². The minimum absolute atomic E-state index is 0.000556. The fourth-order valence-corrected chi connectivity index (χ4v) is 2.95. The molecule has 0 saturated carbocycles. The van der Waals surface area contributed by atoms with E-state index in [1.54, 1.807) is 17.8 Å². The zero-order valence-electron chi connectivity index (χ0n) is 9.64. The van der Waals surface area contributed by atoms with E-state index in [9.17, 15) is 4.39 Å². The van der Waals surface area contributed by atoms with Crippen LogP contribution in [0.25, 0.3) is 0 Å². The third kappa shape index (κ3) is 3.25. The van der Waals surface area contributed by atoms with E-state index >= 15 is 0 Å². The fourth-order valence-electron chi connectivity index (χ4n) is 1.65. The lowest BCUT2D eigenvalue weighted by molar-refractivity contribution is 0.625. The first kappa shape index (κ1) is 13.4. The summed E-state index contributed by atoms with van der Waals surface area (Å²) in [6.45, 7) is 0.430. The molecule has 0 aliphatic heterocycles. The number of hydrogen-bond acceptors (Lipinski definition) is 2. The Morgan fingerprint density at radius 1 is 1.17 bits per heavy atom. The molecule has 0 bridgehead atoms. The van der Waals surface area contributed by atoms with Crippen molar-refractivity contribution in [3.63, 3.8) is 0 Å². The van der Waals surface area contributed by atoms with Crippen LogP contribution in [0.4, 0.5) is 4.39 Å². The van der Waals surface area contributed by atoms with Crippen LogP contribution in [0, 0.1) is 5.82 Å². The second-order valence-corrected chi connectivity index (χ2v) is 5.48. The maximum atomic E-state index is 13.2. The number of nitrogens with two attached hydrogens (primary N) is 1. The van der Waals surface area contributed by atoms with Crippen molar-refractivity contribution in [1.29, 1.82) is 0 Å². The van der Waals surface area contributed by atoms with Gasteiger partial charge in [0.15, 0.2) is 0 Å². The van der Waals surface area contributed by atoms with E-state index in [4.69, 9.17) is 17.3 Å². The maximum absolute atomic E-state index is 13.2. The Kier molecular flexibility index (Phi) is 4.64. The predicted molar refractivity (Wildman–Crippen MR) is 75.5 cm³/mol. The molecule has 0 aliphatic carbocycles. The van der Waals surface area contributed by atoms with E-state index in [0.717, 1.165) is 10.5 Å². The molecule has 1 unspecified atom stereocenters. The lowest BCUT2D eigenvalue weighted by atomic mass is 10.1. The van der Waals surface area contributed by atoms with Crippen LogP contribution in [0.3, 0.4) is 0 Å². The van der Waals surface area contributed by atoms with Crippen LogP contribution < -0.4 is 5.73 Å². The minimum atomic E-state index is -0.245. The van der Waals surface area contributed by atoms with Crippen molar-refractivity contribution in [2.75, 3.05) is 6.54 Å². The first-order chi connectivity index (χ1) is 8.70. The Morgan fingerprint density at radius 2 is 1.94 bits per heavy atom. The van der Waals surface area contributed by atoms with E-state index in [0.29, 0.717) is 11.6 Å². The number of rotatable bonds is 4. The van der Waals surface area contributed by atoms with Crippen LogP contribution in [-0.2, 0) is 0 Å². The summed E-state index contributed by atoms with van der Waals surface area (Å²) in [6.07, 6.45) is 0. The van der Waals surface area contributed by atoms with Gasteiger partial charge in [-0.1, -0.05) is 35.9 Å². The number of hydrogen-bond donors (Lipinski definition) is 1. The molecule has 0 fully saturated rings. The highest BCUT2D eigenvalue weighted by molar-refractivity contribution is 7.99. The standard InChI is InChI=1S/C14H13ClFNS/c15-12-6-1-2-7-13(12)18-14(9-17)10-4-3-5-11(16)8-10/h1-8,14H,9,17H2. The predicted octanol–water partition coefficient (Wildman–Crippen LogP) is 4.27. The Hall–Kier alpha value is -1.03. The average Bonchev–Trinajstić information content (AvgIpc) is 2.38. The second kappa shape index (κ2) is 6.23. The quantitative estimate of drug-likeness (QED) is 0.847. The van der Waals surface area contributed by atoms with Crippen molar-refractivity contribution in [3.05, 3.63) is 64.9 Å². The Morgan fingerprint density at radius 3 is 2.61 bits per heavy atom. The molecule has 94 valence electrons. The Balaban J connectivity index is 2.23. The fraction of sp³-hybridized carbons (Fsp3) is 0.143. The summed E-state index contributed by atoms with van der Waals surface area (Å²) < 4.78 is 13.2. The van der Waals surface area contributed by atoms with Crippen molar-refractivity contribution in [2.24, 2.45) is 5.73 Å². The topological polar surface area (TPSA) is 26.0 Å². The first-order valence-electron chi connectivity index (χ1n) is 5.57. The highest BCUT2D eigenvalue weighted by Gasteiger charge is 2.13. The maximum Gasteiger partial charge on any atom is 0.123 e. The zero-order valence-corrected chi connectivity index (χ0v) is 11.2. The molecule has 1 atom stereocenters. The molecule has 2 rings (SSSR count). The third-order valence-electron chi connectivity index (χ3n) is 2.54. The van der Waals surface area contributed by atoms with Gasteiger partial charge in [0.2, 0.25) is 0 Å². The van der Waals surface area contributed by atoms with Crippen molar-refractivity contribution in [3.8, 4) is 0 Å². The number of thioether (sulfide) groups is 1. The first-order valence-corrected chi connectivity index (χ1v) is 6.83. The highest BCUT2D eigenvalue weighted by atomic mass is 35.5. The summed E-state index contributed by atoms with van der Waals surface area (Å²) in [7, 11) is 0. The highest BCUT2D eigenvalue weighted by Crippen LogP contribution is 2.38. The third-order valence-corrected chi connectivity index (χ3v) is 4.34. The normalized spacial score (nSPS) is 12.4. The van der Waals surface area contributed by atoms with Crippen LogP contribution in [0.2, 0.25) is 5.02 Å². The molecular weight excluding hydrogens is 269 g/mol. The molecule has 1 nitrogen and oxygen atoms in total. The van der Waals surface area contributed by atoms with E-state index in [2.05, 4.69) is 0 Å². The molecule has 0 spiro atoms. The molecule has 4 heteroatoms. The minimum Gasteiger partial charge on any atom is -0.329 e. The van der Waals surface area contributed by atoms with Gasteiger partial charge in [0.1, 0.15) is 5.82 Å². The molecule has 0 radical (unpaired) electrons. The second-order valence-electron chi connectivity index (χ2n) is 3.83. The van der Waals surface area contributed by atoms with Gasteiger partial charge in [0, 0.05) is 16.7 Å². The van der Waals surface area contributed by atoms with Crippen LogP contribution in [0.15, 0.2) is 53.4 Å². The summed E-state index contributed by atoms with van der Waals surface area (Å²) in [5, 5.41) is 0.693. The smallest absolute Gasteiger partial charge is 0.123 e. The molecule has 0 aliphatic rings. The summed E-state index contributed by atoms with van der Waals surface area (Å²) in [5.41, 5.74) is 6.64. The largest absolute Gasteiger partial charge is 0.329 e. The van der Waals surface area contributed by atoms with E-state index in [1.165, 1.54) is 12.1 Å². The molecule has 0 aromatic heterocycles. The summed E-state index contributed by atoms with van der Waals surface area (Å²) in [5.74, 6) is -0.245. The molecule has 2 aromatic rings. The average molecular weight is 282 g/mol. The van der Waals surface area contributed by atoms with E-state index < -0.39 is 0 Å². The molecule has 0 heterocycles. The summed E-state index contributed by atoms with van der Waals surface area (Å²) in [6, 6.07) is 14.1. The van der Waals surface area contributed by atoms with Crippen molar-refractivity contribution in [2.45, 2.75) is 10.1 Å². The molecule has 2 N–H and O–H groups in total. The van der Waals surface area contributed by atoms with Crippen LogP contribution in [-0.4, -0.2) is 6.54 Å². The Labute approximate surface area is 115 Å². The number of halogens is 2. The molecule has 0 amide bonds. The van der Waals surface area contributed by atoms with Gasteiger partial charge in [-0.15, -0.1) is 11.8 Å². The Bertz CT molecular complexity index is 533. The zero-order chi connectivity index (χ0) is 13.0. The number of benzene rings is 2. The molecule has 0 saturated heterocycles. The lowest BCUT2D eigenvalue weighted by Gasteiger charge is -2.15. The van der Waals surface area contributed by atoms with Crippen molar-refractivity contribution in [1.82, 2.24) is 0 Å². The van der Waals surface area contributed by atoms with Crippen LogP contribution in [0.1, 0.15) is 10.8 Å². The van der Waals surface area contributed by atoms with Gasteiger partial charge >= 0.3 is 0 Å². The molecule has 2 aromatic carbocycles.